The summed E-state index contributed by atoms with van der Waals surface area (Å²) in [5, 5.41) is 5.03. The summed E-state index contributed by atoms with van der Waals surface area (Å²) < 4.78 is 0. The van der Waals surface area contributed by atoms with Crippen LogP contribution in [0.4, 0.5) is 5.69 Å². The molecule has 2 aromatic heterocycles. The topological polar surface area (TPSA) is 53.6 Å². The number of aromatic nitrogens is 3. The van der Waals surface area contributed by atoms with Gasteiger partial charge in [-0.1, -0.05) is 17.7 Å². The largest absolute Gasteiger partial charge is 0.378 e. The number of benzene rings is 1. The first-order chi connectivity index (χ1) is 8.83. The molecule has 0 fully saturated rings. The van der Waals surface area contributed by atoms with Gasteiger partial charge in [0.15, 0.2) is 0 Å². The third kappa shape index (κ3) is 2.15. The molecule has 90 valence electrons. The lowest BCUT2D eigenvalue weighted by Gasteiger charge is -2.08. The summed E-state index contributed by atoms with van der Waals surface area (Å²) >= 11 is 6.10. The second-order valence-electron chi connectivity index (χ2n) is 3.96. The molecule has 0 amide bonds. The minimum atomic E-state index is 0.659. The highest BCUT2D eigenvalue weighted by Gasteiger charge is 2.04. The van der Waals surface area contributed by atoms with E-state index in [1.165, 1.54) is 0 Å². The van der Waals surface area contributed by atoms with Gasteiger partial charge >= 0.3 is 0 Å². The lowest BCUT2D eigenvalue weighted by molar-refractivity contribution is 1.08. The van der Waals surface area contributed by atoms with Gasteiger partial charge in [-0.15, -0.1) is 0 Å². The Hall–Kier alpha value is -2.07. The van der Waals surface area contributed by atoms with Crippen LogP contribution in [-0.2, 0) is 6.54 Å². The van der Waals surface area contributed by atoms with Crippen molar-refractivity contribution in [2.75, 3.05) is 5.32 Å². The zero-order valence-electron chi connectivity index (χ0n) is 9.52. The fraction of sp³-hybridized carbons (Fsp3) is 0.0769. The van der Waals surface area contributed by atoms with Crippen molar-refractivity contribution in [1.82, 2.24) is 15.0 Å². The molecule has 0 aliphatic heterocycles. The number of H-pyrrole nitrogens is 1. The highest BCUT2D eigenvalue weighted by molar-refractivity contribution is 6.31. The molecule has 2 heterocycles. The number of anilines is 1. The van der Waals surface area contributed by atoms with E-state index >= 15 is 0 Å². The maximum atomic E-state index is 6.10. The maximum absolute atomic E-state index is 6.10. The monoisotopic (exact) mass is 258 g/mol. The van der Waals surface area contributed by atoms with Crippen LogP contribution in [-0.4, -0.2) is 15.0 Å². The molecule has 0 bridgehead atoms. The van der Waals surface area contributed by atoms with E-state index in [1.807, 2.05) is 24.3 Å². The predicted octanol–water partition coefficient (Wildman–Crippen LogP) is 3.22. The van der Waals surface area contributed by atoms with Gasteiger partial charge < -0.3 is 10.3 Å². The molecule has 0 spiro atoms. The van der Waals surface area contributed by atoms with Crippen molar-refractivity contribution in [3.05, 3.63) is 53.7 Å². The second-order valence-corrected chi connectivity index (χ2v) is 4.40. The number of halogens is 1. The van der Waals surface area contributed by atoms with Gasteiger partial charge in [0, 0.05) is 22.8 Å². The summed E-state index contributed by atoms with van der Waals surface area (Å²) in [5.41, 5.74) is 2.85. The number of rotatable bonds is 3. The van der Waals surface area contributed by atoms with Crippen LogP contribution in [0.5, 0.6) is 0 Å². The summed E-state index contributed by atoms with van der Waals surface area (Å²) in [7, 11) is 0. The molecular formula is C13H11ClN4. The van der Waals surface area contributed by atoms with Gasteiger partial charge in [-0.3, -0.25) is 4.98 Å². The number of hydrogen-bond acceptors (Lipinski definition) is 3. The van der Waals surface area contributed by atoms with Crippen molar-refractivity contribution >= 4 is 28.2 Å². The Bertz CT molecular complexity index is 664. The second kappa shape index (κ2) is 4.66. The van der Waals surface area contributed by atoms with Gasteiger partial charge in [-0.2, -0.15) is 0 Å². The van der Waals surface area contributed by atoms with Crippen LogP contribution in [0.25, 0.3) is 10.9 Å². The normalized spacial score (nSPS) is 10.7. The Morgan fingerprint density at radius 1 is 1.33 bits per heavy atom. The number of nitrogens with zero attached hydrogens (tertiary/aromatic N) is 2. The van der Waals surface area contributed by atoms with E-state index in [1.54, 1.807) is 18.7 Å². The molecule has 0 aliphatic carbocycles. The zero-order chi connectivity index (χ0) is 12.4. The zero-order valence-corrected chi connectivity index (χ0v) is 10.3. The van der Waals surface area contributed by atoms with E-state index in [0.717, 1.165) is 22.3 Å². The first-order valence-corrected chi connectivity index (χ1v) is 5.96. The lowest BCUT2D eigenvalue weighted by Crippen LogP contribution is -2.00. The Labute approximate surface area is 109 Å². The maximum Gasteiger partial charge on any atom is 0.0934 e. The van der Waals surface area contributed by atoms with Gasteiger partial charge in [0.1, 0.15) is 0 Å². The SMILES string of the molecule is Clc1cc(NCc2cnc[nH]2)c2ncccc2c1. The molecule has 2 N–H and O–H groups in total. The van der Waals surface area contributed by atoms with Crippen LogP contribution in [0, 0.1) is 0 Å². The molecule has 0 aliphatic rings. The molecule has 0 unspecified atom stereocenters. The molecular weight excluding hydrogens is 248 g/mol. The number of hydrogen-bond donors (Lipinski definition) is 2. The average Bonchev–Trinajstić information content (AvgIpc) is 2.89. The number of pyridine rings is 1. The predicted molar refractivity (Wildman–Crippen MR) is 72.7 cm³/mol. The smallest absolute Gasteiger partial charge is 0.0934 e. The molecule has 0 radical (unpaired) electrons. The number of imidazole rings is 1. The van der Waals surface area contributed by atoms with Crippen molar-refractivity contribution in [3.8, 4) is 0 Å². The fourth-order valence-electron chi connectivity index (χ4n) is 1.86. The minimum Gasteiger partial charge on any atom is -0.378 e. The summed E-state index contributed by atoms with van der Waals surface area (Å²) in [5.74, 6) is 0. The highest BCUT2D eigenvalue weighted by Crippen LogP contribution is 2.26. The molecule has 1 aromatic carbocycles. The van der Waals surface area contributed by atoms with Crippen molar-refractivity contribution in [3.63, 3.8) is 0 Å². The minimum absolute atomic E-state index is 0.659. The summed E-state index contributed by atoms with van der Waals surface area (Å²) in [6.45, 7) is 0.659. The Balaban J connectivity index is 1.95. The highest BCUT2D eigenvalue weighted by atomic mass is 35.5. The van der Waals surface area contributed by atoms with Crippen LogP contribution >= 0.6 is 11.6 Å². The summed E-state index contributed by atoms with van der Waals surface area (Å²) in [6.07, 6.45) is 5.22. The van der Waals surface area contributed by atoms with E-state index in [0.29, 0.717) is 11.6 Å². The number of aromatic amines is 1. The van der Waals surface area contributed by atoms with Crippen LogP contribution < -0.4 is 5.32 Å². The van der Waals surface area contributed by atoms with E-state index < -0.39 is 0 Å². The first kappa shape index (κ1) is 11.0. The quantitative estimate of drug-likeness (QED) is 0.758. The van der Waals surface area contributed by atoms with Crippen LogP contribution in [0.1, 0.15) is 5.69 Å². The third-order valence-electron chi connectivity index (χ3n) is 2.69. The van der Waals surface area contributed by atoms with Gasteiger partial charge in [0.05, 0.1) is 29.8 Å². The van der Waals surface area contributed by atoms with E-state index in [2.05, 4.69) is 20.3 Å². The van der Waals surface area contributed by atoms with Crippen molar-refractivity contribution in [2.45, 2.75) is 6.54 Å². The van der Waals surface area contributed by atoms with Crippen molar-refractivity contribution in [1.29, 1.82) is 0 Å². The van der Waals surface area contributed by atoms with Gasteiger partial charge in [-0.05, 0) is 18.2 Å². The van der Waals surface area contributed by atoms with Crippen LogP contribution in [0.2, 0.25) is 5.02 Å². The molecule has 3 aromatic rings. The molecule has 18 heavy (non-hydrogen) atoms. The molecule has 0 saturated carbocycles. The van der Waals surface area contributed by atoms with Crippen LogP contribution in [0.15, 0.2) is 43.0 Å². The van der Waals surface area contributed by atoms with Gasteiger partial charge in [0.2, 0.25) is 0 Å². The lowest BCUT2D eigenvalue weighted by atomic mass is 10.2. The van der Waals surface area contributed by atoms with Crippen molar-refractivity contribution < 1.29 is 0 Å². The van der Waals surface area contributed by atoms with E-state index in [4.69, 9.17) is 11.6 Å². The third-order valence-corrected chi connectivity index (χ3v) is 2.91. The molecule has 4 nitrogen and oxygen atoms in total. The Kier molecular flexibility index (Phi) is 2.86. The molecule has 0 atom stereocenters. The van der Waals surface area contributed by atoms with Crippen molar-refractivity contribution in [2.24, 2.45) is 0 Å². The number of fused-ring (bicyclic) bond motifs is 1. The molecule has 5 heteroatoms. The van der Waals surface area contributed by atoms with Crippen LogP contribution in [0.3, 0.4) is 0 Å². The summed E-state index contributed by atoms with van der Waals surface area (Å²) in [4.78, 5) is 11.4. The molecule has 0 saturated heterocycles. The Morgan fingerprint density at radius 3 is 3.11 bits per heavy atom. The molecule has 3 rings (SSSR count). The average molecular weight is 259 g/mol. The van der Waals surface area contributed by atoms with E-state index in [9.17, 15) is 0 Å². The van der Waals surface area contributed by atoms with E-state index in [-0.39, 0.29) is 0 Å². The Morgan fingerprint density at radius 2 is 2.28 bits per heavy atom. The van der Waals surface area contributed by atoms with Gasteiger partial charge in [0.25, 0.3) is 0 Å². The first-order valence-electron chi connectivity index (χ1n) is 5.58. The standard InChI is InChI=1S/C13H11ClN4/c14-10-4-9-2-1-3-16-13(9)12(5-10)17-7-11-6-15-8-18-11/h1-6,8,17H,7H2,(H,15,18). The summed E-state index contributed by atoms with van der Waals surface area (Å²) in [6, 6.07) is 7.69. The van der Waals surface area contributed by atoms with Gasteiger partial charge in [-0.25, -0.2) is 4.98 Å². The fourth-order valence-corrected chi connectivity index (χ4v) is 2.09. The number of nitrogens with one attached hydrogen (secondary N) is 2.